The van der Waals surface area contributed by atoms with Crippen molar-refractivity contribution < 1.29 is 4.84 Å². The summed E-state index contributed by atoms with van der Waals surface area (Å²) in [4.78, 5) is 9.38. The summed E-state index contributed by atoms with van der Waals surface area (Å²) in [5.41, 5.74) is 6.39. The summed E-state index contributed by atoms with van der Waals surface area (Å²) in [6.07, 6.45) is 12.6. The Kier molecular flexibility index (Phi) is 4.51. The Bertz CT molecular complexity index is 1010. The van der Waals surface area contributed by atoms with E-state index in [-0.39, 0.29) is 5.41 Å². The Hall–Kier alpha value is -3.21. The maximum absolute atomic E-state index is 5.16. The number of aromatic amines is 1. The van der Waals surface area contributed by atoms with Crippen LogP contribution in [-0.2, 0) is 16.7 Å². The molecule has 2 aliphatic carbocycles. The van der Waals surface area contributed by atoms with Crippen LogP contribution < -0.4 is 0 Å². The van der Waals surface area contributed by atoms with Gasteiger partial charge in [-0.3, -0.25) is 10.1 Å². The topological polar surface area (TPSA) is 63.2 Å². The lowest BCUT2D eigenvalue weighted by atomic mass is 9.68. The Labute approximate surface area is 170 Å². The molecule has 0 spiro atoms. The molecule has 1 aromatic carbocycles. The molecule has 1 N–H and O–H groups in total. The molecule has 2 heterocycles. The SMILES string of the molecule is CON=C(c1n[nH]c2c1C=CC(c1ccccc1)(c1ccncc1)C2)C1CCC1. The third-order valence-corrected chi connectivity index (χ3v) is 6.28. The van der Waals surface area contributed by atoms with Gasteiger partial charge in [0, 0.05) is 41.4 Å². The summed E-state index contributed by atoms with van der Waals surface area (Å²) in [5.74, 6) is 0.441. The van der Waals surface area contributed by atoms with E-state index >= 15 is 0 Å². The Morgan fingerprint density at radius 1 is 1.10 bits per heavy atom. The molecule has 0 aliphatic heterocycles. The van der Waals surface area contributed by atoms with Gasteiger partial charge in [-0.1, -0.05) is 54.1 Å². The highest BCUT2D eigenvalue weighted by molar-refractivity contribution is 6.04. The van der Waals surface area contributed by atoms with Crippen molar-refractivity contribution in [3.8, 4) is 0 Å². The van der Waals surface area contributed by atoms with Gasteiger partial charge >= 0.3 is 0 Å². The number of allylic oxidation sites excluding steroid dienone is 1. The van der Waals surface area contributed by atoms with Gasteiger partial charge in [-0.25, -0.2) is 0 Å². The largest absolute Gasteiger partial charge is 0.399 e. The molecule has 2 aromatic heterocycles. The average molecular weight is 384 g/mol. The fourth-order valence-corrected chi connectivity index (χ4v) is 4.50. The normalized spacial score (nSPS) is 21.5. The molecule has 29 heavy (non-hydrogen) atoms. The number of rotatable bonds is 5. The second kappa shape index (κ2) is 7.32. The van der Waals surface area contributed by atoms with Crippen LogP contribution >= 0.6 is 0 Å². The van der Waals surface area contributed by atoms with Gasteiger partial charge in [-0.15, -0.1) is 0 Å². The van der Waals surface area contributed by atoms with Gasteiger partial charge in [-0.05, 0) is 36.1 Å². The van der Waals surface area contributed by atoms with E-state index in [9.17, 15) is 0 Å². The highest BCUT2D eigenvalue weighted by Gasteiger charge is 2.38. The molecular formula is C24H24N4O. The number of benzene rings is 1. The number of pyridine rings is 1. The van der Waals surface area contributed by atoms with E-state index < -0.39 is 0 Å². The van der Waals surface area contributed by atoms with Gasteiger partial charge < -0.3 is 4.84 Å². The minimum Gasteiger partial charge on any atom is -0.399 e. The summed E-state index contributed by atoms with van der Waals surface area (Å²) in [5, 5.41) is 12.3. The zero-order valence-corrected chi connectivity index (χ0v) is 16.5. The molecular weight excluding hydrogens is 360 g/mol. The van der Waals surface area contributed by atoms with Crippen molar-refractivity contribution in [1.82, 2.24) is 15.2 Å². The van der Waals surface area contributed by atoms with Crippen molar-refractivity contribution >= 4 is 11.8 Å². The van der Waals surface area contributed by atoms with E-state index in [0.717, 1.165) is 41.9 Å². The van der Waals surface area contributed by atoms with E-state index in [1.807, 2.05) is 12.4 Å². The van der Waals surface area contributed by atoms with Crippen LogP contribution in [0.4, 0.5) is 0 Å². The summed E-state index contributed by atoms with van der Waals surface area (Å²) < 4.78 is 0. The Morgan fingerprint density at radius 2 is 1.86 bits per heavy atom. The Balaban J connectivity index is 1.60. The van der Waals surface area contributed by atoms with Crippen LogP contribution in [0.2, 0.25) is 0 Å². The first-order chi connectivity index (χ1) is 14.3. The van der Waals surface area contributed by atoms with E-state index in [1.165, 1.54) is 17.5 Å². The molecule has 146 valence electrons. The first-order valence-corrected chi connectivity index (χ1v) is 10.2. The quantitative estimate of drug-likeness (QED) is 0.520. The highest BCUT2D eigenvalue weighted by Crippen LogP contribution is 2.42. The molecule has 5 nitrogen and oxygen atoms in total. The molecule has 1 saturated carbocycles. The van der Waals surface area contributed by atoms with Crippen LogP contribution in [0, 0.1) is 5.92 Å². The third-order valence-electron chi connectivity index (χ3n) is 6.28. The van der Waals surface area contributed by atoms with Crippen molar-refractivity contribution in [2.45, 2.75) is 31.1 Å². The molecule has 0 saturated heterocycles. The lowest BCUT2D eigenvalue weighted by Crippen LogP contribution is -2.31. The number of hydrogen-bond donors (Lipinski definition) is 1. The Morgan fingerprint density at radius 3 is 2.55 bits per heavy atom. The molecule has 5 rings (SSSR count). The maximum atomic E-state index is 5.16. The van der Waals surface area contributed by atoms with E-state index in [1.54, 1.807) is 7.11 Å². The van der Waals surface area contributed by atoms with Crippen molar-refractivity contribution in [3.05, 3.63) is 89.0 Å². The minimum atomic E-state index is -0.254. The maximum Gasteiger partial charge on any atom is 0.117 e. The number of oxime groups is 1. The molecule has 5 heteroatoms. The first-order valence-electron chi connectivity index (χ1n) is 10.2. The number of nitrogens with one attached hydrogen (secondary N) is 1. The summed E-state index contributed by atoms with van der Waals surface area (Å²) in [6.45, 7) is 0. The molecule has 1 atom stereocenters. The number of nitrogens with zero attached hydrogens (tertiary/aromatic N) is 3. The number of H-pyrrole nitrogens is 1. The lowest BCUT2D eigenvalue weighted by Gasteiger charge is -2.34. The van der Waals surface area contributed by atoms with Crippen molar-refractivity contribution in [3.63, 3.8) is 0 Å². The van der Waals surface area contributed by atoms with Gasteiger partial charge in [0.2, 0.25) is 0 Å². The molecule has 0 amide bonds. The second-order valence-electron chi connectivity index (χ2n) is 7.83. The van der Waals surface area contributed by atoms with Crippen LogP contribution in [0.3, 0.4) is 0 Å². The standard InChI is InChI=1S/C24H24N4O/c1-29-28-22(17-6-5-7-17)23-20-10-13-24(16-21(20)26-27-23,18-8-3-2-4-9-18)19-11-14-25-15-12-19/h2-4,8-15,17H,5-7,16H2,1H3,(H,26,27). The fourth-order valence-electron chi connectivity index (χ4n) is 4.50. The van der Waals surface area contributed by atoms with Crippen LogP contribution in [0.25, 0.3) is 6.08 Å². The molecule has 1 unspecified atom stereocenters. The molecule has 2 aliphatic rings. The molecule has 1 fully saturated rings. The first kappa shape index (κ1) is 17.9. The van der Waals surface area contributed by atoms with Crippen LogP contribution in [0.1, 0.15) is 47.3 Å². The van der Waals surface area contributed by atoms with Gasteiger partial charge in [0.25, 0.3) is 0 Å². The van der Waals surface area contributed by atoms with Crippen molar-refractivity contribution in [2.24, 2.45) is 11.1 Å². The van der Waals surface area contributed by atoms with Crippen LogP contribution in [-0.4, -0.2) is 28.0 Å². The van der Waals surface area contributed by atoms with Gasteiger partial charge in [-0.2, -0.15) is 5.10 Å². The molecule has 0 bridgehead atoms. The number of hydrogen-bond acceptors (Lipinski definition) is 4. The smallest absolute Gasteiger partial charge is 0.117 e. The van der Waals surface area contributed by atoms with Crippen LogP contribution in [0.5, 0.6) is 0 Å². The predicted molar refractivity (Wildman–Crippen MR) is 114 cm³/mol. The van der Waals surface area contributed by atoms with Crippen LogP contribution in [0.15, 0.2) is 66.1 Å². The summed E-state index contributed by atoms with van der Waals surface area (Å²) in [7, 11) is 1.61. The average Bonchev–Trinajstić information content (AvgIpc) is 3.16. The number of fused-ring (bicyclic) bond motifs is 1. The zero-order valence-electron chi connectivity index (χ0n) is 16.5. The number of aromatic nitrogens is 3. The fraction of sp³-hybridized carbons (Fsp3) is 0.292. The minimum absolute atomic E-state index is 0.254. The van der Waals surface area contributed by atoms with E-state index in [2.05, 4.69) is 75.0 Å². The van der Waals surface area contributed by atoms with Gasteiger partial charge in [0.05, 0.1) is 0 Å². The van der Waals surface area contributed by atoms with Gasteiger partial charge in [0.15, 0.2) is 0 Å². The van der Waals surface area contributed by atoms with E-state index in [4.69, 9.17) is 4.84 Å². The molecule has 3 aromatic rings. The van der Waals surface area contributed by atoms with Crippen molar-refractivity contribution in [1.29, 1.82) is 0 Å². The summed E-state index contributed by atoms with van der Waals surface area (Å²) >= 11 is 0. The van der Waals surface area contributed by atoms with Crippen molar-refractivity contribution in [2.75, 3.05) is 7.11 Å². The molecule has 0 radical (unpaired) electrons. The third kappa shape index (κ3) is 2.97. The lowest BCUT2D eigenvalue weighted by molar-refractivity contribution is 0.208. The second-order valence-corrected chi connectivity index (χ2v) is 7.83. The van der Waals surface area contributed by atoms with Gasteiger partial charge in [0.1, 0.15) is 18.5 Å². The monoisotopic (exact) mass is 384 g/mol. The summed E-state index contributed by atoms with van der Waals surface area (Å²) in [6, 6.07) is 14.8. The van der Waals surface area contributed by atoms with E-state index in [0.29, 0.717) is 5.92 Å². The highest BCUT2D eigenvalue weighted by atomic mass is 16.6. The predicted octanol–water partition coefficient (Wildman–Crippen LogP) is 4.51. The zero-order chi connectivity index (χ0) is 19.7.